The first-order valence-corrected chi connectivity index (χ1v) is 6.43. The second-order valence-electron chi connectivity index (χ2n) is 3.84. The minimum absolute atomic E-state index is 0.112. The SMILES string of the molecule is COCCOCCNCC(=O)Nc1cccc(Cl)c1. The van der Waals surface area contributed by atoms with E-state index in [4.69, 9.17) is 21.1 Å². The highest BCUT2D eigenvalue weighted by Gasteiger charge is 2.01. The van der Waals surface area contributed by atoms with Crippen LogP contribution in [0.25, 0.3) is 0 Å². The summed E-state index contributed by atoms with van der Waals surface area (Å²) in [6, 6.07) is 7.03. The van der Waals surface area contributed by atoms with Gasteiger partial charge in [-0.05, 0) is 18.2 Å². The Balaban J connectivity index is 2.08. The van der Waals surface area contributed by atoms with E-state index in [0.717, 1.165) is 0 Å². The molecule has 1 aromatic rings. The average molecular weight is 287 g/mol. The maximum Gasteiger partial charge on any atom is 0.238 e. The highest BCUT2D eigenvalue weighted by molar-refractivity contribution is 6.30. The molecular weight excluding hydrogens is 268 g/mol. The zero-order chi connectivity index (χ0) is 13.9. The number of carbonyl (C=O) groups excluding carboxylic acids is 1. The standard InChI is InChI=1S/C13H19ClN2O3/c1-18-7-8-19-6-5-15-10-13(17)16-12-4-2-3-11(14)9-12/h2-4,9,15H,5-8,10H2,1H3,(H,16,17). The third-order valence-electron chi connectivity index (χ3n) is 2.25. The number of amides is 1. The fourth-order valence-corrected chi connectivity index (χ4v) is 1.55. The van der Waals surface area contributed by atoms with Crippen LogP contribution in [-0.2, 0) is 14.3 Å². The van der Waals surface area contributed by atoms with Gasteiger partial charge in [0.05, 0.1) is 26.4 Å². The highest BCUT2D eigenvalue weighted by Crippen LogP contribution is 2.14. The summed E-state index contributed by atoms with van der Waals surface area (Å²) in [5, 5.41) is 6.33. The number of nitrogens with one attached hydrogen (secondary N) is 2. The van der Waals surface area contributed by atoms with Gasteiger partial charge in [0.25, 0.3) is 0 Å². The number of hydrogen-bond acceptors (Lipinski definition) is 4. The Hall–Kier alpha value is -1.14. The molecule has 0 aliphatic rings. The minimum Gasteiger partial charge on any atom is -0.382 e. The predicted octanol–water partition coefficient (Wildman–Crippen LogP) is 1.53. The molecule has 0 bridgehead atoms. The molecule has 0 unspecified atom stereocenters. The molecule has 0 atom stereocenters. The molecule has 1 amide bonds. The number of methoxy groups -OCH3 is 1. The Morgan fingerprint density at radius 3 is 2.89 bits per heavy atom. The lowest BCUT2D eigenvalue weighted by Gasteiger charge is -2.07. The van der Waals surface area contributed by atoms with E-state index in [-0.39, 0.29) is 12.5 Å². The molecule has 19 heavy (non-hydrogen) atoms. The Labute approximate surface area is 118 Å². The number of hydrogen-bond donors (Lipinski definition) is 2. The van der Waals surface area contributed by atoms with E-state index >= 15 is 0 Å². The number of carbonyl (C=O) groups is 1. The Bertz CT molecular complexity index is 388. The maximum atomic E-state index is 11.6. The molecule has 0 fully saturated rings. The van der Waals surface area contributed by atoms with Crippen LogP contribution < -0.4 is 10.6 Å². The van der Waals surface area contributed by atoms with E-state index < -0.39 is 0 Å². The molecular formula is C13H19ClN2O3. The van der Waals surface area contributed by atoms with Crippen molar-refractivity contribution in [2.24, 2.45) is 0 Å². The van der Waals surface area contributed by atoms with Crippen LogP contribution >= 0.6 is 11.6 Å². The lowest BCUT2D eigenvalue weighted by molar-refractivity contribution is -0.115. The summed E-state index contributed by atoms with van der Waals surface area (Å²) < 4.78 is 10.1. The van der Waals surface area contributed by atoms with Crippen molar-refractivity contribution in [2.45, 2.75) is 0 Å². The first-order chi connectivity index (χ1) is 9.22. The molecule has 5 nitrogen and oxygen atoms in total. The van der Waals surface area contributed by atoms with Crippen molar-refractivity contribution in [2.75, 3.05) is 45.3 Å². The molecule has 0 aliphatic carbocycles. The van der Waals surface area contributed by atoms with Crippen LogP contribution in [0.5, 0.6) is 0 Å². The first kappa shape index (κ1) is 15.9. The molecule has 0 spiro atoms. The summed E-state index contributed by atoms with van der Waals surface area (Å²) in [5.74, 6) is -0.112. The van der Waals surface area contributed by atoms with Gasteiger partial charge in [-0.2, -0.15) is 0 Å². The van der Waals surface area contributed by atoms with Gasteiger partial charge in [0.1, 0.15) is 0 Å². The van der Waals surface area contributed by atoms with E-state index in [1.807, 2.05) is 0 Å². The van der Waals surface area contributed by atoms with Gasteiger partial charge in [-0.1, -0.05) is 17.7 Å². The third-order valence-corrected chi connectivity index (χ3v) is 2.48. The lowest BCUT2D eigenvalue weighted by Crippen LogP contribution is -2.30. The Morgan fingerprint density at radius 2 is 2.16 bits per heavy atom. The molecule has 1 aromatic carbocycles. The van der Waals surface area contributed by atoms with E-state index in [9.17, 15) is 4.79 Å². The molecule has 0 radical (unpaired) electrons. The first-order valence-electron chi connectivity index (χ1n) is 6.05. The molecule has 106 valence electrons. The number of ether oxygens (including phenoxy) is 2. The maximum absolute atomic E-state index is 11.6. The summed E-state index contributed by atoms with van der Waals surface area (Å²) in [6.07, 6.45) is 0. The highest BCUT2D eigenvalue weighted by atomic mass is 35.5. The zero-order valence-corrected chi connectivity index (χ0v) is 11.7. The Kier molecular flexibility index (Phi) is 8.16. The third kappa shape index (κ3) is 7.79. The fraction of sp³-hybridized carbons (Fsp3) is 0.462. The summed E-state index contributed by atoms with van der Waals surface area (Å²) in [6.45, 7) is 2.54. The van der Waals surface area contributed by atoms with Crippen LogP contribution in [0.2, 0.25) is 5.02 Å². The predicted molar refractivity (Wildman–Crippen MR) is 75.6 cm³/mol. The minimum atomic E-state index is -0.112. The van der Waals surface area contributed by atoms with Gasteiger partial charge >= 0.3 is 0 Å². The van der Waals surface area contributed by atoms with Crippen molar-refractivity contribution in [1.29, 1.82) is 0 Å². The molecule has 0 aliphatic heterocycles. The van der Waals surface area contributed by atoms with Gasteiger partial charge in [-0.3, -0.25) is 4.79 Å². The van der Waals surface area contributed by atoms with Crippen molar-refractivity contribution < 1.29 is 14.3 Å². The van der Waals surface area contributed by atoms with Crippen molar-refractivity contribution in [3.05, 3.63) is 29.3 Å². The summed E-state index contributed by atoms with van der Waals surface area (Å²) in [5.41, 5.74) is 0.690. The normalized spacial score (nSPS) is 10.4. The van der Waals surface area contributed by atoms with Crippen LogP contribution in [0.1, 0.15) is 0 Å². The molecule has 6 heteroatoms. The second kappa shape index (κ2) is 9.75. The van der Waals surface area contributed by atoms with Gasteiger partial charge in [0.15, 0.2) is 0 Å². The quantitative estimate of drug-likeness (QED) is 0.676. The van der Waals surface area contributed by atoms with E-state index in [0.29, 0.717) is 37.1 Å². The number of benzene rings is 1. The second-order valence-corrected chi connectivity index (χ2v) is 4.28. The summed E-state index contributed by atoms with van der Waals surface area (Å²) >= 11 is 5.82. The largest absolute Gasteiger partial charge is 0.382 e. The molecule has 0 heterocycles. The van der Waals surface area contributed by atoms with Crippen LogP contribution in [-0.4, -0.2) is 45.9 Å². The number of anilines is 1. The topological polar surface area (TPSA) is 59.6 Å². The summed E-state index contributed by atoms with van der Waals surface area (Å²) in [4.78, 5) is 11.6. The van der Waals surface area contributed by atoms with Crippen LogP contribution in [0.15, 0.2) is 24.3 Å². The molecule has 0 aromatic heterocycles. The molecule has 1 rings (SSSR count). The van der Waals surface area contributed by atoms with Crippen LogP contribution in [0.4, 0.5) is 5.69 Å². The van der Waals surface area contributed by atoms with E-state index in [1.54, 1.807) is 31.4 Å². The van der Waals surface area contributed by atoms with Gasteiger partial charge in [0.2, 0.25) is 5.91 Å². The Morgan fingerprint density at radius 1 is 1.32 bits per heavy atom. The monoisotopic (exact) mass is 286 g/mol. The van der Waals surface area contributed by atoms with E-state index in [1.165, 1.54) is 0 Å². The van der Waals surface area contributed by atoms with Crippen LogP contribution in [0, 0.1) is 0 Å². The molecule has 0 saturated heterocycles. The van der Waals surface area contributed by atoms with Crippen molar-refractivity contribution in [3.63, 3.8) is 0 Å². The van der Waals surface area contributed by atoms with Crippen molar-refractivity contribution in [1.82, 2.24) is 5.32 Å². The van der Waals surface area contributed by atoms with Gasteiger partial charge < -0.3 is 20.1 Å². The average Bonchev–Trinajstić information content (AvgIpc) is 2.37. The molecule has 2 N–H and O–H groups in total. The molecule has 0 saturated carbocycles. The van der Waals surface area contributed by atoms with Gasteiger partial charge in [0, 0.05) is 24.4 Å². The van der Waals surface area contributed by atoms with E-state index in [2.05, 4.69) is 10.6 Å². The van der Waals surface area contributed by atoms with Gasteiger partial charge in [-0.25, -0.2) is 0 Å². The smallest absolute Gasteiger partial charge is 0.238 e. The lowest BCUT2D eigenvalue weighted by atomic mass is 10.3. The fourth-order valence-electron chi connectivity index (χ4n) is 1.36. The zero-order valence-electron chi connectivity index (χ0n) is 10.9. The number of halogens is 1. The summed E-state index contributed by atoms with van der Waals surface area (Å²) in [7, 11) is 1.63. The van der Waals surface area contributed by atoms with Crippen molar-refractivity contribution >= 4 is 23.2 Å². The van der Waals surface area contributed by atoms with Crippen molar-refractivity contribution in [3.8, 4) is 0 Å². The number of rotatable bonds is 9. The van der Waals surface area contributed by atoms with Gasteiger partial charge in [-0.15, -0.1) is 0 Å². The van der Waals surface area contributed by atoms with Crippen LogP contribution in [0.3, 0.4) is 0 Å².